The number of nitrogens with zero attached hydrogens (tertiary/aromatic N) is 1. The van der Waals surface area contributed by atoms with Crippen LogP contribution in [0.1, 0.15) is 25.7 Å². The minimum absolute atomic E-state index is 0.136. The summed E-state index contributed by atoms with van der Waals surface area (Å²) >= 11 is 0. The Hall–Kier alpha value is -0.630. The highest BCUT2D eigenvalue weighted by Crippen LogP contribution is 2.47. The van der Waals surface area contributed by atoms with Crippen LogP contribution in [-0.2, 0) is 9.47 Å². The summed E-state index contributed by atoms with van der Waals surface area (Å²) in [6, 6.07) is 2.28. The molecule has 0 bridgehead atoms. The molecule has 2 aliphatic rings. The Labute approximate surface area is 96.9 Å². The third kappa shape index (κ3) is 2.54. The first-order chi connectivity index (χ1) is 7.74. The van der Waals surface area contributed by atoms with Crippen molar-refractivity contribution in [3.05, 3.63) is 0 Å². The molecule has 0 aromatic heterocycles. The van der Waals surface area contributed by atoms with Crippen molar-refractivity contribution in [3.63, 3.8) is 0 Å². The van der Waals surface area contributed by atoms with E-state index in [1.807, 2.05) is 0 Å². The summed E-state index contributed by atoms with van der Waals surface area (Å²) in [5, 5.41) is 12.2. The van der Waals surface area contributed by atoms with E-state index >= 15 is 0 Å². The Morgan fingerprint density at radius 3 is 2.69 bits per heavy atom. The molecule has 1 N–H and O–H groups in total. The molecular formula is C12H20N2O2. The standard InChI is InChI=1S/C12H20N2O2/c1-15-12(5-7-16-10-12)9-14-8-11(2-3-11)4-6-13/h14H,2-5,7-10H2,1H3. The highest BCUT2D eigenvalue weighted by atomic mass is 16.5. The molecule has 1 saturated carbocycles. The highest BCUT2D eigenvalue weighted by molar-refractivity contribution is 5.01. The lowest BCUT2D eigenvalue weighted by Gasteiger charge is -2.27. The second kappa shape index (κ2) is 4.70. The second-order valence-electron chi connectivity index (χ2n) is 5.13. The summed E-state index contributed by atoms with van der Waals surface area (Å²) in [5.74, 6) is 0. The molecule has 16 heavy (non-hydrogen) atoms. The van der Waals surface area contributed by atoms with Crippen molar-refractivity contribution < 1.29 is 9.47 Å². The van der Waals surface area contributed by atoms with E-state index in [0.29, 0.717) is 13.0 Å². The number of rotatable bonds is 6. The van der Waals surface area contributed by atoms with E-state index in [1.165, 1.54) is 12.8 Å². The normalized spacial score (nSPS) is 31.2. The maximum atomic E-state index is 8.73. The Morgan fingerprint density at radius 1 is 1.38 bits per heavy atom. The summed E-state index contributed by atoms with van der Waals surface area (Å²) in [7, 11) is 1.75. The first-order valence-electron chi connectivity index (χ1n) is 5.95. The van der Waals surface area contributed by atoms with Crippen molar-refractivity contribution >= 4 is 0 Å². The maximum Gasteiger partial charge on any atom is 0.106 e. The van der Waals surface area contributed by atoms with Crippen molar-refractivity contribution in [2.24, 2.45) is 5.41 Å². The average Bonchev–Trinajstić information content (AvgIpc) is 2.89. The van der Waals surface area contributed by atoms with Crippen LogP contribution in [0.5, 0.6) is 0 Å². The Morgan fingerprint density at radius 2 is 2.19 bits per heavy atom. The van der Waals surface area contributed by atoms with Crippen molar-refractivity contribution in [1.29, 1.82) is 5.26 Å². The van der Waals surface area contributed by atoms with Crippen molar-refractivity contribution in [2.75, 3.05) is 33.4 Å². The lowest BCUT2D eigenvalue weighted by molar-refractivity contribution is -0.0163. The zero-order valence-corrected chi connectivity index (χ0v) is 9.92. The topological polar surface area (TPSA) is 54.3 Å². The smallest absolute Gasteiger partial charge is 0.106 e. The van der Waals surface area contributed by atoms with Crippen LogP contribution in [0.4, 0.5) is 0 Å². The van der Waals surface area contributed by atoms with Gasteiger partial charge in [-0.3, -0.25) is 0 Å². The van der Waals surface area contributed by atoms with Gasteiger partial charge in [-0.05, 0) is 18.3 Å². The van der Waals surface area contributed by atoms with E-state index in [4.69, 9.17) is 14.7 Å². The molecule has 1 unspecified atom stereocenters. The van der Waals surface area contributed by atoms with Crippen LogP contribution in [0.25, 0.3) is 0 Å². The molecule has 1 aliphatic carbocycles. The van der Waals surface area contributed by atoms with Crippen LogP contribution in [0, 0.1) is 16.7 Å². The predicted octanol–water partition coefficient (Wildman–Crippen LogP) is 1.08. The van der Waals surface area contributed by atoms with Gasteiger partial charge in [0.25, 0.3) is 0 Å². The van der Waals surface area contributed by atoms with Gasteiger partial charge in [0.2, 0.25) is 0 Å². The van der Waals surface area contributed by atoms with Gasteiger partial charge in [-0.15, -0.1) is 0 Å². The fourth-order valence-corrected chi connectivity index (χ4v) is 2.28. The van der Waals surface area contributed by atoms with Crippen molar-refractivity contribution in [1.82, 2.24) is 5.32 Å². The van der Waals surface area contributed by atoms with Gasteiger partial charge in [-0.25, -0.2) is 0 Å². The minimum Gasteiger partial charge on any atom is -0.378 e. The molecule has 2 fully saturated rings. The molecule has 0 spiro atoms. The molecule has 1 atom stereocenters. The van der Waals surface area contributed by atoms with E-state index in [2.05, 4.69) is 11.4 Å². The number of hydrogen-bond acceptors (Lipinski definition) is 4. The zero-order chi connectivity index (χ0) is 11.5. The Bertz CT molecular complexity index is 275. The molecule has 1 heterocycles. The zero-order valence-electron chi connectivity index (χ0n) is 9.92. The van der Waals surface area contributed by atoms with Gasteiger partial charge in [0.15, 0.2) is 0 Å². The van der Waals surface area contributed by atoms with Crippen LogP contribution in [0.2, 0.25) is 0 Å². The number of methoxy groups -OCH3 is 1. The van der Waals surface area contributed by atoms with Gasteiger partial charge in [-0.1, -0.05) is 0 Å². The van der Waals surface area contributed by atoms with Crippen molar-refractivity contribution in [3.8, 4) is 6.07 Å². The van der Waals surface area contributed by atoms with E-state index in [0.717, 1.165) is 26.1 Å². The second-order valence-corrected chi connectivity index (χ2v) is 5.13. The summed E-state index contributed by atoms with van der Waals surface area (Å²) < 4.78 is 10.9. The van der Waals surface area contributed by atoms with Crippen molar-refractivity contribution in [2.45, 2.75) is 31.3 Å². The van der Waals surface area contributed by atoms with Crippen LogP contribution in [0.15, 0.2) is 0 Å². The lowest BCUT2D eigenvalue weighted by atomic mass is 10.0. The van der Waals surface area contributed by atoms with Gasteiger partial charge in [0.1, 0.15) is 5.60 Å². The number of ether oxygens (including phenoxy) is 2. The number of nitriles is 1. The molecule has 4 heteroatoms. The lowest BCUT2D eigenvalue weighted by Crippen LogP contribution is -2.44. The predicted molar refractivity (Wildman–Crippen MR) is 59.9 cm³/mol. The SMILES string of the molecule is COC1(CNCC2(CC#N)CC2)CCOC1. The summed E-state index contributed by atoms with van der Waals surface area (Å²) in [6.07, 6.45) is 4.01. The third-order valence-electron chi connectivity index (χ3n) is 3.86. The average molecular weight is 224 g/mol. The van der Waals surface area contributed by atoms with Crippen LogP contribution in [0.3, 0.4) is 0 Å². The summed E-state index contributed by atoms with van der Waals surface area (Å²) in [4.78, 5) is 0. The molecule has 0 aromatic carbocycles. The van der Waals surface area contributed by atoms with Crippen LogP contribution < -0.4 is 5.32 Å². The van der Waals surface area contributed by atoms with Gasteiger partial charge in [-0.2, -0.15) is 5.26 Å². The van der Waals surface area contributed by atoms with Crippen LogP contribution in [-0.4, -0.2) is 39.0 Å². The third-order valence-corrected chi connectivity index (χ3v) is 3.86. The highest BCUT2D eigenvalue weighted by Gasteiger charge is 2.43. The van der Waals surface area contributed by atoms with Gasteiger partial charge in [0.05, 0.1) is 12.7 Å². The molecule has 4 nitrogen and oxygen atoms in total. The molecular weight excluding hydrogens is 204 g/mol. The minimum atomic E-state index is -0.136. The summed E-state index contributed by atoms with van der Waals surface area (Å²) in [5.41, 5.74) is 0.131. The number of nitrogens with one attached hydrogen (secondary N) is 1. The first-order valence-corrected chi connectivity index (χ1v) is 5.95. The van der Waals surface area contributed by atoms with E-state index in [1.54, 1.807) is 7.11 Å². The van der Waals surface area contributed by atoms with Gasteiger partial charge in [0, 0.05) is 39.6 Å². The van der Waals surface area contributed by atoms with E-state index in [-0.39, 0.29) is 11.0 Å². The fraction of sp³-hybridized carbons (Fsp3) is 0.917. The molecule has 1 aliphatic heterocycles. The molecule has 90 valence electrons. The Balaban J connectivity index is 1.73. The van der Waals surface area contributed by atoms with Gasteiger partial charge < -0.3 is 14.8 Å². The molecule has 1 saturated heterocycles. The molecule has 2 rings (SSSR count). The van der Waals surface area contributed by atoms with E-state index in [9.17, 15) is 0 Å². The van der Waals surface area contributed by atoms with Gasteiger partial charge >= 0.3 is 0 Å². The quantitative estimate of drug-likeness (QED) is 0.733. The number of hydrogen-bond donors (Lipinski definition) is 1. The molecule has 0 radical (unpaired) electrons. The monoisotopic (exact) mass is 224 g/mol. The Kier molecular flexibility index (Phi) is 3.48. The van der Waals surface area contributed by atoms with Crippen LogP contribution >= 0.6 is 0 Å². The first kappa shape index (κ1) is 11.8. The molecule has 0 aromatic rings. The fourth-order valence-electron chi connectivity index (χ4n) is 2.28. The maximum absolute atomic E-state index is 8.73. The molecule has 0 amide bonds. The van der Waals surface area contributed by atoms with E-state index < -0.39 is 0 Å². The summed E-state index contributed by atoms with van der Waals surface area (Å²) in [6.45, 7) is 3.24. The largest absolute Gasteiger partial charge is 0.378 e.